The van der Waals surface area contributed by atoms with Crippen molar-refractivity contribution in [2.45, 2.75) is 53.1 Å². The van der Waals surface area contributed by atoms with E-state index in [0.717, 1.165) is 74.9 Å². The van der Waals surface area contributed by atoms with E-state index in [1.807, 2.05) is 18.2 Å². The van der Waals surface area contributed by atoms with E-state index in [1.54, 1.807) is 0 Å². The minimum Gasteiger partial charge on any atom is -0.389 e. The molecule has 1 aliphatic heterocycles. The molecule has 1 N–H and O–H groups in total. The van der Waals surface area contributed by atoms with Crippen molar-refractivity contribution in [1.82, 2.24) is 14.9 Å². The molecule has 0 unspecified atom stereocenters. The molecule has 0 radical (unpaired) electrons. The number of aromatic nitrogens is 2. The van der Waals surface area contributed by atoms with Gasteiger partial charge in [0.1, 0.15) is 5.82 Å². The molecule has 6 heteroatoms. The predicted molar refractivity (Wildman–Crippen MR) is 151 cm³/mol. The zero-order chi connectivity index (χ0) is 26.2. The lowest BCUT2D eigenvalue weighted by Gasteiger charge is -2.37. The number of hydrogen-bond acceptors (Lipinski definition) is 6. The molecule has 1 fully saturated rings. The molecule has 6 nitrogen and oxygen atoms in total. The van der Waals surface area contributed by atoms with Gasteiger partial charge in [0.15, 0.2) is 5.82 Å². The van der Waals surface area contributed by atoms with Crippen LogP contribution < -0.4 is 4.90 Å². The molecule has 198 valence electrons. The van der Waals surface area contributed by atoms with Gasteiger partial charge >= 0.3 is 0 Å². The number of piperazine rings is 1. The van der Waals surface area contributed by atoms with Crippen molar-refractivity contribution in [3.63, 3.8) is 0 Å². The zero-order valence-corrected chi connectivity index (χ0v) is 22.9. The van der Waals surface area contributed by atoms with Gasteiger partial charge in [0.05, 0.1) is 12.7 Å². The van der Waals surface area contributed by atoms with Crippen LogP contribution in [0.2, 0.25) is 0 Å². The molecule has 0 spiro atoms. The van der Waals surface area contributed by atoms with E-state index in [-0.39, 0.29) is 0 Å². The maximum atomic E-state index is 10.4. The third-order valence-electron chi connectivity index (χ3n) is 7.19. The number of aryl methyl sites for hydroxylation is 3. The Labute approximate surface area is 222 Å². The molecule has 2 heterocycles. The summed E-state index contributed by atoms with van der Waals surface area (Å²) in [5, 5.41) is 10.4. The summed E-state index contributed by atoms with van der Waals surface area (Å²) in [5.41, 5.74) is 7.16. The molecule has 0 amide bonds. The van der Waals surface area contributed by atoms with Gasteiger partial charge in [0, 0.05) is 62.6 Å². The van der Waals surface area contributed by atoms with E-state index < -0.39 is 6.10 Å². The van der Waals surface area contributed by atoms with Crippen LogP contribution in [0.15, 0.2) is 48.5 Å². The smallest absolute Gasteiger partial charge is 0.161 e. The first kappa shape index (κ1) is 27.2. The molecule has 3 aromatic rings. The van der Waals surface area contributed by atoms with Gasteiger partial charge in [-0.3, -0.25) is 4.90 Å². The van der Waals surface area contributed by atoms with Crippen molar-refractivity contribution >= 4 is 5.82 Å². The molecule has 0 bridgehead atoms. The standard InChI is InChI=1S/C31H42N4O2/c1-5-6-18-37-22-28(36)21-34-14-16-35(17-15-34)31-29(20-27-19-23(2)12-13-24(27)3)25(4)32-30(33-31)26-10-8-7-9-11-26/h7-13,19,28,36H,5-6,14-18,20-22H2,1-4H3/t28-/m0/s1. The SMILES string of the molecule is CCCCOC[C@@H](O)CN1CCN(c2nc(-c3ccccc3)nc(C)c2Cc2cc(C)ccc2C)CC1. The summed E-state index contributed by atoms with van der Waals surface area (Å²) < 4.78 is 5.62. The van der Waals surface area contributed by atoms with Gasteiger partial charge < -0.3 is 14.7 Å². The van der Waals surface area contributed by atoms with E-state index in [0.29, 0.717) is 13.2 Å². The Morgan fingerprint density at radius 3 is 2.46 bits per heavy atom. The number of β-amino-alcohol motifs (C(OH)–C–C–N with tert-alkyl or cyclic N) is 1. The van der Waals surface area contributed by atoms with E-state index >= 15 is 0 Å². The van der Waals surface area contributed by atoms with Gasteiger partial charge in [-0.25, -0.2) is 9.97 Å². The average Bonchev–Trinajstić information content (AvgIpc) is 2.90. The van der Waals surface area contributed by atoms with Crippen LogP contribution in [0.4, 0.5) is 5.82 Å². The minimum atomic E-state index is -0.450. The first-order chi connectivity index (χ1) is 17.9. The van der Waals surface area contributed by atoms with Crippen LogP contribution in [0.5, 0.6) is 0 Å². The minimum absolute atomic E-state index is 0.408. The summed E-state index contributed by atoms with van der Waals surface area (Å²) in [5.74, 6) is 1.82. The number of unbranched alkanes of at least 4 members (excludes halogenated alkanes) is 1. The average molecular weight is 503 g/mol. The third kappa shape index (κ3) is 7.37. The number of rotatable bonds is 11. The quantitative estimate of drug-likeness (QED) is 0.374. The summed E-state index contributed by atoms with van der Waals surface area (Å²) in [6.07, 6.45) is 2.52. The van der Waals surface area contributed by atoms with Gasteiger partial charge in [0.25, 0.3) is 0 Å². The topological polar surface area (TPSA) is 61.7 Å². The highest BCUT2D eigenvalue weighted by molar-refractivity contribution is 5.61. The fourth-order valence-corrected chi connectivity index (χ4v) is 4.91. The van der Waals surface area contributed by atoms with Crippen LogP contribution in [0.25, 0.3) is 11.4 Å². The summed E-state index contributed by atoms with van der Waals surface area (Å²) in [6, 6.07) is 16.9. The maximum Gasteiger partial charge on any atom is 0.161 e. The molecule has 1 aliphatic rings. The number of aliphatic hydroxyl groups is 1. The van der Waals surface area contributed by atoms with Crippen LogP contribution in [-0.4, -0.2) is 72.0 Å². The Kier molecular flexibility index (Phi) is 9.67. The third-order valence-corrected chi connectivity index (χ3v) is 7.19. The Hall–Kier alpha value is -2.80. The van der Waals surface area contributed by atoms with Crippen LogP contribution in [0.3, 0.4) is 0 Å². The second-order valence-electron chi connectivity index (χ2n) is 10.3. The van der Waals surface area contributed by atoms with Crippen LogP contribution >= 0.6 is 0 Å². The normalized spacial score (nSPS) is 15.2. The Morgan fingerprint density at radius 1 is 0.973 bits per heavy atom. The highest BCUT2D eigenvalue weighted by Crippen LogP contribution is 2.29. The van der Waals surface area contributed by atoms with Crippen molar-refractivity contribution in [3.05, 3.63) is 76.5 Å². The first-order valence-corrected chi connectivity index (χ1v) is 13.7. The Bertz CT molecular complexity index is 1140. The summed E-state index contributed by atoms with van der Waals surface area (Å²) >= 11 is 0. The Balaban J connectivity index is 1.53. The van der Waals surface area contributed by atoms with Gasteiger partial charge in [-0.2, -0.15) is 0 Å². The van der Waals surface area contributed by atoms with Gasteiger partial charge in [-0.15, -0.1) is 0 Å². The van der Waals surface area contributed by atoms with Gasteiger partial charge in [0.2, 0.25) is 0 Å². The van der Waals surface area contributed by atoms with E-state index in [2.05, 4.69) is 67.8 Å². The van der Waals surface area contributed by atoms with Crippen molar-refractivity contribution in [2.75, 3.05) is 50.8 Å². The molecular formula is C31H42N4O2. The van der Waals surface area contributed by atoms with Gasteiger partial charge in [-0.1, -0.05) is 67.4 Å². The number of nitrogens with zero attached hydrogens (tertiary/aromatic N) is 4. The molecule has 1 saturated heterocycles. The molecule has 1 aromatic heterocycles. The second kappa shape index (κ2) is 13.1. The van der Waals surface area contributed by atoms with Crippen molar-refractivity contribution in [2.24, 2.45) is 0 Å². The number of ether oxygens (including phenoxy) is 1. The summed E-state index contributed by atoms with van der Waals surface area (Å²) in [6.45, 7) is 13.9. The molecule has 0 saturated carbocycles. The number of aliphatic hydroxyl groups excluding tert-OH is 1. The van der Waals surface area contributed by atoms with Crippen LogP contribution in [-0.2, 0) is 11.2 Å². The summed E-state index contributed by atoms with van der Waals surface area (Å²) in [4.78, 5) is 14.8. The van der Waals surface area contributed by atoms with Crippen molar-refractivity contribution in [3.8, 4) is 11.4 Å². The molecule has 0 aliphatic carbocycles. The number of anilines is 1. The lowest BCUT2D eigenvalue weighted by atomic mass is 9.97. The van der Waals surface area contributed by atoms with E-state index in [9.17, 15) is 5.11 Å². The molecule has 1 atom stereocenters. The zero-order valence-electron chi connectivity index (χ0n) is 22.9. The number of hydrogen-bond donors (Lipinski definition) is 1. The van der Waals surface area contributed by atoms with E-state index in [1.165, 1.54) is 22.3 Å². The molecule has 37 heavy (non-hydrogen) atoms. The number of benzene rings is 2. The maximum absolute atomic E-state index is 10.4. The molecule has 2 aromatic carbocycles. The lowest BCUT2D eigenvalue weighted by Crippen LogP contribution is -2.49. The second-order valence-corrected chi connectivity index (χ2v) is 10.3. The Morgan fingerprint density at radius 2 is 1.73 bits per heavy atom. The highest BCUT2D eigenvalue weighted by Gasteiger charge is 2.24. The monoisotopic (exact) mass is 502 g/mol. The predicted octanol–water partition coefficient (Wildman–Crippen LogP) is 4.96. The van der Waals surface area contributed by atoms with Crippen molar-refractivity contribution in [1.29, 1.82) is 0 Å². The van der Waals surface area contributed by atoms with Crippen molar-refractivity contribution < 1.29 is 9.84 Å². The fourth-order valence-electron chi connectivity index (χ4n) is 4.91. The highest BCUT2D eigenvalue weighted by atomic mass is 16.5. The first-order valence-electron chi connectivity index (χ1n) is 13.7. The summed E-state index contributed by atoms with van der Waals surface area (Å²) in [7, 11) is 0. The van der Waals surface area contributed by atoms with E-state index in [4.69, 9.17) is 14.7 Å². The molecular weight excluding hydrogens is 460 g/mol. The van der Waals surface area contributed by atoms with Crippen LogP contribution in [0, 0.1) is 20.8 Å². The lowest BCUT2D eigenvalue weighted by molar-refractivity contribution is 0.0150. The van der Waals surface area contributed by atoms with Gasteiger partial charge in [-0.05, 0) is 38.3 Å². The molecule has 4 rings (SSSR count). The van der Waals surface area contributed by atoms with Crippen LogP contribution in [0.1, 0.15) is 47.7 Å². The fraction of sp³-hybridized carbons (Fsp3) is 0.484. The largest absolute Gasteiger partial charge is 0.389 e.